The maximum absolute atomic E-state index is 5.73. The molecule has 0 atom stereocenters. The van der Waals surface area contributed by atoms with Crippen LogP contribution in [0.5, 0.6) is 5.88 Å². The van der Waals surface area contributed by atoms with E-state index in [0.717, 1.165) is 11.1 Å². The monoisotopic (exact) mass is 246 g/mol. The third-order valence-corrected chi connectivity index (χ3v) is 6.24. The molecule has 4 nitrogen and oxygen atoms in total. The van der Waals surface area contributed by atoms with E-state index in [1.54, 1.807) is 6.20 Å². The molecule has 1 aliphatic rings. The molecule has 1 aromatic rings. The van der Waals surface area contributed by atoms with Crippen LogP contribution in [-0.2, 0) is 11.1 Å². The van der Waals surface area contributed by atoms with Crippen LogP contribution in [0.25, 0.3) is 0 Å². The molecule has 1 aliphatic heterocycles. The first-order valence-corrected chi connectivity index (χ1v) is 7.75. The van der Waals surface area contributed by atoms with Crippen molar-refractivity contribution in [2.24, 2.45) is 0 Å². The van der Waals surface area contributed by atoms with Gasteiger partial charge in [-0.25, -0.2) is 0 Å². The van der Waals surface area contributed by atoms with Crippen molar-refractivity contribution in [1.29, 1.82) is 0 Å². The molecule has 6 heteroatoms. The molecular weight excluding hydrogens is 231 g/mol. The van der Waals surface area contributed by atoms with Crippen LogP contribution in [0.2, 0.25) is 0 Å². The number of aromatic nitrogens is 1. The van der Waals surface area contributed by atoms with Gasteiger partial charge in [0.1, 0.15) is 0 Å². The first-order chi connectivity index (χ1) is 7.01. The first kappa shape index (κ1) is 11.1. The number of hydrogen-bond acceptors (Lipinski definition) is 5. The number of aryl methyl sites for hydroxylation is 1. The van der Waals surface area contributed by atoms with Crippen molar-refractivity contribution in [3.63, 3.8) is 0 Å². The Kier molecular flexibility index (Phi) is 2.90. The molecule has 15 heavy (non-hydrogen) atoms. The van der Waals surface area contributed by atoms with E-state index in [1.807, 2.05) is 31.8 Å². The van der Waals surface area contributed by atoms with E-state index in [0.29, 0.717) is 12.5 Å². The predicted octanol–water partition coefficient (Wildman–Crippen LogP) is 2.20. The van der Waals surface area contributed by atoms with Gasteiger partial charge in [-0.1, -0.05) is 0 Å². The van der Waals surface area contributed by atoms with Crippen molar-refractivity contribution >= 4 is 19.3 Å². The minimum absolute atomic E-state index is 0.526. The fraction of sp³-hybridized carbons (Fsp3) is 0.444. The number of fused-ring (bicyclic) bond motifs is 1. The van der Waals surface area contributed by atoms with E-state index in [4.69, 9.17) is 9.05 Å². The van der Waals surface area contributed by atoms with Crippen LogP contribution in [0.3, 0.4) is 0 Å². The number of nitrogens with zero attached hydrogens (tertiary/aromatic N) is 2. The van der Waals surface area contributed by atoms with E-state index >= 15 is 0 Å². The van der Waals surface area contributed by atoms with Gasteiger partial charge in [0.25, 0.3) is 0 Å². The van der Waals surface area contributed by atoms with Crippen molar-refractivity contribution < 1.29 is 9.05 Å². The average molecular weight is 246 g/mol. The Hall–Kier alpha value is -0.350. The Morgan fingerprint density at radius 1 is 1.53 bits per heavy atom. The van der Waals surface area contributed by atoms with Crippen molar-refractivity contribution in [1.82, 2.24) is 9.65 Å². The van der Waals surface area contributed by atoms with E-state index in [2.05, 4.69) is 17.2 Å². The molecule has 1 aromatic heterocycles. The molecule has 0 aromatic carbocycles. The van der Waals surface area contributed by atoms with Gasteiger partial charge >= 0.3 is 94.9 Å². The molecule has 2 heterocycles. The summed E-state index contributed by atoms with van der Waals surface area (Å²) >= 11 is 4.48. The van der Waals surface area contributed by atoms with Gasteiger partial charge in [-0.2, -0.15) is 0 Å². The van der Waals surface area contributed by atoms with Crippen LogP contribution < -0.4 is 4.52 Å². The van der Waals surface area contributed by atoms with E-state index in [9.17, 15) is 0 Å². The summed E-state index contributed by atoms with van der Waals surface area (Å²) in [5, 5.41) is 0. The molecule has 0 bridgehead atoms. The number of thiol groups is 1. The van der Waals surface area contributed by atoms with Gasteiger partial charge in [0.15, 0.2) is 0 Å². The molecule has 0 aliphatic carbocycles. The third-order valence-electron chi connectivity index (χ3n) is 2.27. The normalized spacial score (nSPS) is 20.6. The van der Waals surface area contributed by atoms with E-state index < -0.39 is 7.07 Å². The molecule has 0 fully saturated rings. The summed E-state index contributed by atoms with van der Waals surface area (Å²) < 4.78 is 13.3. The summed E-state index contributed by atoms with van der Waals surface area (Å²) in [5.74, 6) is 0.655. The Morgan fingerprint density at radius 2 is 2.27 bits per heavy atom. The zero-order valence-corrected chi connectivity index (χ0v) is 10.9. The Balaban J connectivity index is 2.31. The van der Waals surface area contributed by atoms with Gasteiger partial charge in [0.2, 0.25) is 0 Å². The summed E-state index contributed by atoms with van der Waals surface area (Å²) in [6, 6.07) is 2.03. The maximum atomic E-state index is 5.73. The Bertz CT molecular complexity index is 388. The number of hydrogen-bond donors (Lipinski definition) is 1. The zero-order valence-electron chi connectivity index (χ0n) is 9.02. The van der Waals surface area contributed by atoms with Gasteiger partial charge in [0, 0.05) is 0 Å². The second kappa shape index (κ2) is 3.91. The molecule has 0 radical (unpaired) electrons. The second-order valence-electron chi connectivity index (χ2n) is 3.81. The number of pyridine rings is 1. The van der Waals surface area contributed by atoms with Gasteiger partial charge < -0.3 is 0 Å². The standard InChI is InChI=1S/C9H15N2O2PS/c1-7-4-8-6-12-14(15,11(2)3)13-9(8)10-5-7/h4-5,14-15H,6H2,1-3H3. The molecular formula is C9H15N2O2PS. The summed E-state index contributed by atoms with van der Waals surface area (Å²) in [7, 11) is 1.29. The third kappa shape index (κ3) is 2.11. The van der Waals surface area contributed by atoms with Crippen molar-refractivity contribution in [3.05, 3.63) is 23.4 Å². The van der Waals surface area contributed by atoms with Crippen LogP contribution in [0, 0.1) is 6.92 Å². The molecule has 0 amide bonds. The molecule has 0 N–H and O–H groups in total. The first-order valence-electron chi connectivity index (χ1n) is 4.69. The van der Waals surface area contributed by atoms with Crippen LogP contribution in [-0.4, -0.2) is 23.7 Å². The SMILES string of the molecule is Cc1cnc2c(c1)CO[PH](S)(N(C)C)O2. The van der Waals surface area contributed by atoms with Crippen molar-refractivity contribution in [2.45, 2.75) is 13.5 Å². The average Bonchev–Trinajstić information content (AvgIpc) is 2.18. The molecule has 0 spiro atoms. The topological polar surface area (TPSA) is 34.6 Å². The second-order valence-corrected chi connectivity index (χ2v) is 7.99. The van der Waals surface area contributed by atoms with Crippen LogP contribution in [0.1, 0.15) is 11.1 Å². The van der Waals surface area contributed by atoms with Gasteiger partial charge in [-0.15, -0.1) is 0 Å². The summed E-state index contributed by atoms with van der Waals surface area (Å²) in [6.45, 7) is 2.52. The molecule has 0 saturated carbocycles. The fourth-order valence-corrected chi connectivity index (χ4v) is 3.09. The van der Waals surface area contributed by atoms with Crippen molar-refractivity contribution in [3.8, 4) is 5.88 Å². The zero-order chi connectivity index (χ0) is 11.1. The van der Waals surface area contributed by atoms with E-state index in [1.165, 1.54) is 0 Å². The summed E-state index contributed by atoms with van der Waals surface area (Å²) in [5.41, 5.74) is 2.10. The van der Waals surface area contributed by atoms with Crippen LogP contribution >= 0.6 is 19.3 Å². The minimum atomic E-state index is -2.52. The summed E-state index contributed by atoms with van der Waals surface area (Å²) in [4.78, 5) is 4.25. The fourth-order valence-electron chi connectivity index (χ4n) is 1.36. The Morgan fingerprint density at radius 3 is 2.93 bits per heavy atom. The molecule has 2 rings (SSSR count). The molecule has 0 unspecified atom stereocenters. The van der Waals surface area contributed by atoms with Gasteiger partial charge in [-0.3, -0.25) is 0 Å². The predicted molar refractivity (Wildman–Crippen MR) is 65.4 cm³/mol. The van der Waals surface area contributed by atoms with Crippen LogP contribution in [0.15, 0.2) is 12.3 Å². The molecule has 84 valence electrons. The number of rotatable bonds is 1. The van der Waals surface area contributed by atoms with Crippen LogP contribution in [0.4, 0.5) is 0 Å². The van der Waals surface area contributed by atoms with E-state index in [-0.39, 0.29) is 0 Å². The summed E-state index contributed by atoms with van der Waals surface area (Å²) in [6.07, 6.45) is 1.79. The van der Waals surface area contributed by atoms with Gasteiger partial charge in [0.05, 0.1) is 0 Å². The molecule has 0 saturated heterocycles. The van der Waals surface area contributed by atoms with Gasteiger partial charge in [-0.05, 0) is 0 Å². The Labute approximate surface area is 95.3 Å². The van der Waals surface area contributed by atoms with Crippen molar-refractivity contribution in [2.75, 3.05) is 14.1 Å². The quantitative estimate of drug-likeness (QED) is 0.608.